The average Bonchev–Trinajstić information content (AvgIpc) is 2.73. The molecule has 0 unspecified atom stereocenters. The van der Waals surface area contributed by atoms with Gasteiger partial charge in [0.15, 0.2) is 0 Å². The molecule has 1 aromatic rings. The van der Waals surface area contributed by atoms with E-state index in [1.165, 1.54) is 5.56 Å². The van der Waals surface area contributed by atoms with E-state index in [2.05, 4.69) is 4.72 Å². The maximum absolute atomic E-state index is 12.3. The van der Waals surface area contributed by atoms with E-state index in [-0.39, 0.29) is 6.61 Å². The summed E-state index contributed by atoms with van der Waals surface area (Å²) in [4.78, 5) is 0.319. The van der Waals surface area contributed by atoms with Crippen LogP contribution >= 0.6 is 0 Å². The molecule has 0 heterocycles. The minimum absolute atomic E-state index is 0.0420. The third kappa shape index (κ3) is 3.35. The molecule has 4 nitrogen and oxygen atoms in total. The molecule has 1 aliphatic carbocycles. The minimum atomic E-state index is -3.52. The second-order valence-corrected chi connectivity index (χ2v) is 7.43. The number of fused-ring (bicyclic) bond motifs is 1. The Labute approximate surface area is 114 Å². The summed E-state index contributed by atoms with van der Waals surface area (Å²) >= 11 is 0. The van der Waals surface area contributed by atoms with Crippen LogP contribution in [0.1, 0.15) is 37.8 Å². The van der Waals surface area contributed by atoms with E-state index in [0.717, 1.165) is 24.8 Å². The molecule has 1 aliphatic rings. The lowest BCUT2D eigenvalue weighted by Gasteiger charge is -2.25. The Hall–Kier alpha value is -0.910. The highest BCUT2D eigenvalue weighted by atomic mass is 32.2. The lowest BCUT2D eigenvalue weighted by atomic mass is 10.0. The predicted molar refractivity (Wildman–Crippen MR) is 74.6 cm³/mol. The fraction of sp³-hybridized carbons (Fsp3) is 0.571. The SMILES string of the molecule is CC(C)(CCO)NS(=O)(=O)c1ccc2c(c1)CCC2. The van der Waals surface area contributed by atoms with Crippen molar-refractivity contribution >= 4 is 10.0 Å². The summed E-state index contributed by atoms with van der Waals surface area (Å²) in [5.41, 5.74) is 1.75. The Kier molecular flexibility index (Phi) is 3.99. The Bertz CT molecular complexity index is 564. The smallest absolute Gasteiger partial charge is 0.241 e. The molecular formula is C14H21NO3S. The highest BCUT2D eigenvalue weighted by Crippen LogP contribution is 2.25. The van der Waals surface area contributed by atoms with Crippen molar-refractivity contribution in [3.8, 4) is 0 Å². The Morgan fingerprint density at radius 1 is 1.26 bits per heavy atom. The number of hydrogen-bond acceptors (Lipinski definition) is 3. The summed E-state index contributed by atoms with van der Waals surface area (Å²) in [6.07, 6.45) is 3.48. The van der Waals surface area contributed by atoms with Crippen LogP contribution in [0.15, 0.2) is 23.1 Å². The molecule has 2 N–H and O–H groups in total. The van der Waals surface area contributed by atoms with E-state index in [4.69, 9.17) is 5.11 Å². The van der Waals surface area contributed by atoms with Crippen LogP contribution in [0.3, 0.4) is 0 Å². The zero-order chi connectivity index (χ0) is 14.1. The first kappa shape index (κ1) is 14.5. The van der Waals surface area contributed by atoms with Gasteiger partial charge >= 0.3 is 0 Å². The molecule has 0 saturated carbocycles. The highest BCUT2D eigenvalue weighted by Gasteiger charge is 2.26. The number of aryl methyl sites for hydroxylation is 2. The van der Waals surface area contributed by atoms with Gasteiger partial charge in [-0.1, -0.05) is 6.07 Å². The fourth-order valence-corrected chi connectivity index (χ4v) is 3.96. The van der Waals surface area contributed by atoms with Crippen molar-refractivity contribution in [1.29, 1.82) is 0 Å². The van der Waals surface area contributed by atoms with Crippen LogP contribution < -0.4 is 4.72 Å². The van der Waals surface area contributed by atoms with Gasteiger partial charge in [0, 0.05) is 12.1 Å². The zero-order valence-corrected chi connectivity index (χ0v) is 12.3. The molecule has 0 bridgehead atoms. The lowest BCUT2D eigenvalue weighted by molar-refractivity contribution is 0.246. The molecule has 0 amide bonds. The second kappa shape index (κ2) is 5.23. The van der Waals surface area contributed by atoms with Crippen LogP contribution in [0, 0.1) is 0 Å². The van der Waals surface area contributed by atoms with Crippen LogP contribution in [0.25, 0.3) is 0 Å². The van der Waals surface area contributed by atoms with Gasteiger partial charge in [0.25, 0.3) is 0 Å². The van der Waals surface area contributed by atoms with Gasteiger partial charge in [-0.25, -0.2) is 13.1 Å². The van der Waals surface area contributed by atoms with Gasteiger partial charge in [0.2, 0.25) is 10.0 Å². The summed E-state index contributed by atoms with van der Waals surface area (Å²) in [5, 5.41) is 8.96. The summed E-state index contributed by atoms with van der Waals surface area (Å²) in [7, 11) is -3.52. The molecule has 2 rings (SSSR count). The molecule has 0 atom stereocenters. The molecule has 0 spiro atoms. The van der Waals surface area contributed by atoms with Crippen LogP contribution in [0.4, 0.5) is 0 Å². The third-order valence-corrected chi connectivity index (χ3v) is 5.22. The Morgan fingerprint density at radius 3 is 2.63 bits per heavy atom. The van der Waals surface area contributed by atoms with Crippen LogP contribution in [-0.2, 0) is 22.9 Å². The predicted octanol–water partition coefficient (Wildman–Crippen LogP) is 1.61. The van der Waals surface area contributed by atoms with E-state index in [0.29, 0.717) is 11.3 Å². The quantitative estimate of drug-likeness (QED) is 0.863. The second-order valence-electron chi connectivity index (χ2n) is 5.75. The first-order chi connectivity index (χ1) is 8.84. The molecule has 5 heteroatoms. The lowest BCUT2D eigenvalue weighted by Crippen LogP contribution is -2.43. The number of sulfonamides is 1. The maximum Gasteiger partial charge on any atom is 0.241 e. The van der Waals surface area contributed by atoms with Crippen molar-refractivity contribution in [3.05, 3.63) is 29.3 Å². The van der Waals surface area contributed by atoms with Gasteiger partial charge in [0.1, 0.15) is 0 Å². The first-order valence-corrected chi connectivity index (χ1v) is 8.09. The third-order valence-electron chi connectivity index (χ3n) is 3.53. The highest BCUT2D eigenvalue weighted by molar-refractivity contribution is 7.89. The molecule has 0 radical (unpaired) electrons. The van der Waals surface area contributed by atoms with E-state index in [1.54, 1.807) is 26.0 Å². The van der Waals surface area contributed by atoms with Gasteiger partial charge in [-0.05, 0) is 62.8 Å². The summed E-state index contributed by atoms with van der Waals surface area (Å²) in [6.45, 7) is 3.50. The van der Waals surface area contributed by atoms with Gasteiger partial charge in [-0.2, -0.15) is 0 Å². The van der Waals surface area contributed by atoms with Gasteiger partial charge in [0.05, 0.1) is 4.90 Å². The summed E-state index contributed by atoms with van der Waals surface area (Å²) in [5.74, 6) is 0. The van der Waals surface area contributed by atoms with Crippen molar-refractivity contribution in [3.63, 3.8) is 0 Å². The fourth-order valence-electron chi connectivity index (χ4n) is 2.47. The Balaban J connectivity index is 2.25. The normalized spacial score (nSPS) is 15.5. The van der Waals surface area contributed by atoms with Crippen LogP contribution in [0.5, 0.6) is 0 Å². The first-order valence-electron chi connectivity index (χ1n) is 6.61. The van der Waals surface area contributed by atoms with Gasteiger partial charge in [-0.3, -0.25) is 0 Å². The van der Waals surface area contributed by atoms with E-state index < -0.39 is 15.6 Å². The number of nitrogens with one attached hydrogen (secondary N) is 1. The van der Waals surface area contributed by atoms with E-state index >= 15 is 0 Å². The molecule has 106 valence electrons. The number of rotatable bonds is 5. The molecule has 0 fully saturated rings. The monoisotopic (exact) mass is 283 g/mol. The molecule has 0 aromatic heterocycles. The van der Waals surface area contributed by atoms with Crippen molar-refractivity contribution < 1.29 is 13.5 Å². The molecular weight excluding hydrogens is 262 g/mol. The molecule has 0 aliphatic heterocycles. The van der Waals surface area contributed by atoms with Gasteiger partial charge in [-0.15, -0.1) is 0 Å². The molecule has 1 aromatic carbocycles. The maximum atomic E-state index is 12.3. The standard InChI is InChI=1S/C14H21NO3S/c1-14(2,8-9-16)15-19(17,18)13-7-6-11-4-3-5-12(11)10-13/h6-7,10,15-16H,3-5,8-9H2,1-2H3. The number of hydrogen-bond donors (Lipinski definition) is 2. The van der Waals surface area contributed by atoms with E-state index in [1.807, 2.05) is 6.07 Å². The average molecular weight is 283 g/mol. The van der Waals surface area contributed by atoms with E-state index in [9.17, 15) is 8.42 Å². The minimum Gasteiger partial charge on any atom is -0.396 e. The zero-order valence-electron chi connectivity index (χ0n) is 11.4. The van der Waals surface area contributed by atoms with Crippen molar-refractivity contribution in [2.24, 2.45) is 0 Å². The summed E-state index contributed by atoms with van der Waals surface area (Å²) in [6, 6.07) is 5.36. The largest absolute Gasteiger partial charge is 0.396 e. The topological polar surface area (TPSA) is 66.4 Å². The number of aliphatic hydroxyl groups is 1. The van der Waals surface area contributed by atoms with Crippen LogP contribution in [0.2, 0.25) is 0 Å². The Morgan fingerprint density at radius 2 is 1.95 bits per heavy atom. The molecule has 0 saturated heterocycles. The van der Waals surface area contributed by atoms with Crippen molar-refractivity contribution in [2.45, 2.75) is 50.0 Å². The van der Waals surface area contributed by atoms with Crippen molar-refractivity contribution in [1.82, 2.24) is 4.72 Å². The van der Waals surface area contributed by atoms with Gasteiger partial charge < -0.3 is 5.11 Å². The van der Waals surface area contributed by atoms with Crippen molar-refractivity contribution in [2.75, 3.05) is 6.61 Å². The number of aliphatic hydroxyl groups excluding tert-OH is 1. The molecule has 19 heavy (non-hydrogen) atoms. The van der Waals surface area contributed by atoms with Crippen LogP contribution in [-0.4, -0.2) is 25.7 Å². The summed E-state index contributed by atoms with van der Waals surface area (Å²) < 4.78 is 27.3. The number of benzene rings is 1.